The van der Waals surface area contributed by atoms with Crippen molar-refractivity contribution >= 4 is 11.8 Å². The Morgan fingerprint density at radius 3 is 2.37 bits per heavy atom. The van der Waals surface area contributed by atoms with Crippen molar-refractivity contribution in [3.05, 3.63) is 77.0 Å². The van der Waals surface area contributed by atoms with Crippen molar-refractivity contribution in [1.82, 2.24) is 0 Å². The van der Waals surface area contributed by atoms with Crippen LogP contribution in [0.25, 0.3) is 0 Å². The fourth-order valence-corrected chi connectivity index (χ4v) is 2.37. The molecule has 0 aliphatic rings. The van der Waals surface area contributed by atoms with Crippen LogP contribution < -0.4 is 10.5 Å². The number of Topliss-reactive ketones (excluding diaryl/α,β-unsaturated/α-hetero) is 1. The van der Waals surface area contributed by atoms with Crippen molar-refractivity contribution in [3.8, 4) is 11.8 Å². The van der Waals surface area contributed by atoms with Gasteiger partial charge in [-0.25, -0.2) is 4.79 Å². The summed E-state index contributed by atoms with van der Waals surface area (Å²) in [7, 11) is 0. The minimum absolute atomic E-state index is 0.0876. The molecule has 0 saturated heterocycles. The summed E-state index contributed by atoms with van der Waals surface area (Å²) in [6.07, 6.45) is 0.663. The Labute approximate surface area is 157 Å². The number of carbonyl (C=O) groups excluding carboxylic acids is 2. The summed E-state index contributed by atoms with van der Waals surface area (Å²) in [6, 6.07) is 19.0. The molecule has 0 fully saturated rings. The normalized spacial score (nSPS) is 11.1. The molecule has 0 heterocycles. The maximum absolute atomic E-state index is 11.8. The fraction of sp³-hybridized carbons (Fsp3) is 0.190. The molecular formula is C21H20N2O4. The lowest BCUT2D eigenvalue weighted by Crippen LogP contribution is -2.21. The second-order valence-electron chi connectivity index (χ2n) is 5.81. The number of para-hydroxylation sites is 1. The Balaban J connectivity index is 1.91. The molecule has 2 N–H and O–H groups in total. The van der Waals surface area contributed by atoms with Gasteiger partial charge in [-0.05, 0) is 24.1 Å². The van der Waals surface area contributed by atoms with Crippen LogP contribution in [-0.4, -0.2) is 25.0 Å². The second kappa shape index (κ2) is 9.78. The van der Waals surface area contributed by atoms with Gasteiger partial charge >= 0.3 is 5.97 Å². The molecular weight excluding hydrogens is 344 g/mol. The predicted octanol–water partition coefficient (Wildman–Crippen LogP) is 2.52. The van der Waals surface area contributed by atoms with E-state index < -0.39 is 18.4 Å². The van der Waals surface area contributed by atoms with E-state index in [9.17, 15) is 9.59 Å². The van der Waals surface area contributed by atoms with E-state index in [1.165, 1.54) is 6.92 Å². The number of nitriles is 1. The number of nitrogens with zero attached hydrogens (tertiary/aromatic N) is 1. The Bertz CT molecular complexity index is 879. The standard InChI is InChI=1S/C21H20N2O4/c1-15(23)18(12-22)19(24)13-27-21(25)14-26-20-10-6-5-9-17(20)11-16-7-3-2-4-8-16/h2-10H,11,13-14,23H2,1H3/b18-15-. The number of benzene rings is 2. The van der Waals surface area contributed by atoms with Gasteiger partial charge in [0.25, 0.3) is 0 Å². The zero-order valence-electron chi connectivity index (χ0n) is 15.0. The van der Waals surface area contributed by atoms with E-state index in [0.29, 0.717) is 12.2 Å². The lowest BCUT2D eigenvalue weighted by molar-refractivity contribution is -0.149. The molecule has 0 aromatic heterocycles. The summed E-state index contributed by atoms with van der Waals surface area (Å²) < 4.78 is 10.4. The molecule has 2 aromatic carbocycles. The second-order valence-corrected chi connectivity index (χ2v) is 5.81. The molecule has 0 unspecified atom stereocenters. The molecule has 6 nitrogen and oxygen atoms in total. The first-order valence-corrected chi connectivity index (χ1v) is 8.31. The van der Waals surface area contributed by atoms with Crippen LogP contribution in [0.5, 0.6) is 5.75 Å². The molecule has 0 bridgehead atoms. The summed E-state index contributed by atoms with van der Waals surface area (Å²) >= 11 is 0. The highest BCUT2D eigenvalue weighted by atomic mass is 16.6. The third-order valence-corrected chi connectivity index (χ3v) is 3.70. The number of nitrogens with two attached hydrogens (primary N) is 1. The molecule has 0 spiro atoms. The van der Waals surface area contributed by atoms with Crippen molar-refractivity contribution in [2.45, 2.75) is 13.3 Å². The van der Waals surface area contributed by atoms with Gasteiger partial charge in [-0.2, -0.15) is 5.26 Å². The average molecular weight is 364 g/mol. The van der Waals surface area contributed by atoms with Crippen LogP contribution in [0.2, 0.25) is 0 Å². The highest BCUT2D eigenvalue weighted by Gasteiger charge is 2.15. The van der Waals surface area contributed by atoms with Gasteiger partial charge < -0.3 is 15.2 Å². The Morgan fingerprint density at radius 1 is 1.04 bits per heavy atom. The summed E-state index contributed by atoms with van der Waals surface area (Å²) in [5.74, 6) is -0.778. The summed E-state index contributed by atoms with van der Waals surface area (Å²) in [5, 5.41) is 8.86. The first-order chi connectivity index (χ1) is 13.0. The van der Waals surface area contributed by atoms with Crippen molar-refractivity contribution in [3.63, 3.8) is 0 Å². The van der Waals surface area contributed by atoms with Crippen LogP contribution in [0, 0.1) is 11.3 Å². The van der Waals surface area contributed by atoms with Gasteiger partial charge in [0, 0.05) is 12.1 Å². The van der Waals surface area contributed by atoms with Crippen molar-refractivity contribution < 1.29 is 19.1 Å². The molecule has 0 saturated carbocycles. The summed E-state index contributed by atoms with van der Waals surface area (Å²) in [5.41, 5.74) is 7.37. The molecule has 0 atom stereocenters. The largest absolute Gasteiger partial charge is 0.482 e. The van der Waals surface area contributed by atoms with Crippen LogP contribution in [0.15, 0.2) is 65.9 Å². The molecule has 2 rings (SSSR count). The zero-order chi connectivity index (χ0) is 19.6. The highest BCUT2D eigenvalue weighted by Crippen LogP contribution is 2.21. The summed E-state index contributed by atoms with van der Waals surface area (Å²) in [4.78, 5) is 23.6. The van der Waals surface area contributed by atoms with Crippen molar-refractivity contribution in [2.24, 2.45) is 5.73 Å². The van der Waals surface area contributed by atoms with E-state index in [2.05, 4.69) is 0 Å². The SMILES string of the molecule is C/C(N)=C(\C#N)C(=O)COC(=O)COc1ccccc1Cc1ccccc1. The number of rotatable bonds is 8. The first kappa shape index (κ1) is 19.7. The van der Waals surface area contributed by atoms with E-state index in [4.69, 9.17) is 20.5 Å². The Hall–Kier alpha value is -3.59. The molecule has 138 valence electrons. The molecule has 27 heavy (non-hydrogen) atoms. The van der Waals surface area contributed by atoms with Gasteiger partial charge in [-0.15, -0.1) is 0 Å². The molecule has 0 aliphatic carbocycles. The molecule has 0 aliphatic heterocycles. The number of ketones is 1. The van der Waals surface area contributed by atoms with Gasteiger partial charge in [0.05, 0.1) is 0 Å². The molecule has 0 radical (unpaired) electrons. The van der Waals surface area contributed by atoms with Gasteiger partial charge in [0.15, 0.2) is 13.2 Å². The highest BCUT2D eigenvalue weighted by molar-refractivity contribution is 6.01. The number of allylic oxidation sites excluding steroid dienone is 1. The number of esters is 1. The van der Waals surface area contributed by atoms with Gasteiger partial charge in [0.1, 0.15) is 17.4 Å². The first-order valence-electron chi connectivity index (χ1n) is 8.31. The van der Waals surface area contributed by atoms with Crippen molar-refractivity contribution in [2.75, 3.05) is 13.2 Å². The minimum Gasteiger partial charge on any atom is -0.482 e. The predicted molar refractivity (Wildman–Crippen MR) is 99.7 cm³/mol. The van der Waals surface area contributed by atoms with Crippen LogP contribution in [0.4, 0.5) is 0 Å². The lowest BCUT2D eigenvalue weighted by atomic mass is 10.0. The smallest absolute Gasteiger partial charge is 0.344 e. The number of carbonyl (C=O) groups is 2. The molecule has 2 aromatic rings. The minimum atomic E-state index is -0.704. The van der Waals surface area contributed by atoms with Gasteiger partial charge in [0.2, 0.25) is 5.78 Å². The van der Waals surface area contributed by atoms with Crippen LogP contribution in [0.1, 0.15) is 18.1 Å². The Kier molecular flexibility index (Phi) is 7.15. The monoisotopic (exact) mass is 364 g/mol. The van der Waals surface area contributed by atoms with E-state index in [0.717, 1.165) is 11.1 Å². The van der Waals surface area contributed by atoms with E-state index in [1.54, 1.807) is 12.1 Å². The van der Waals surface area contributed by atoms with Gasteiger partial charge in [-0.3, -0.25) is 4.79 Å². The van der Waals surface area contributed by atoms with E-state index in [1.807, 2.05) is 48.5 Å². The summed E-state index contributed by atoms with van der Waals surface area (Å²) in [6.45, 7) is 0.544. The zero-order valence-corrected chi connectivity index (χ0v) is 15.0. The number of hydrogen-bond acceptors (Lipinski definition) is 6. The maximum atomic E-state index is 11.8. The number of hydrogen-bond donors (Lipinski definition) is 1. The average Bonchev–Trinajstić information content (AvgIpc) is 2.66. The van der Waals surface area contributed by atoms with Crippen LogP contribution in [0.3, 0.4) is 0 Å². The lowest BCUT2D eigenvalue weighted by Gasteiger charge is -2.11. The Morgan fingerprint density at radius 2 is 1.70 bits per heavy atom. The third-order valence-electron chi connectivity index (χ3n) is 3.70. The van der Waals surface area contributed by atoms with E-state index >= 15 is 0 Å². The third kappa shape index (κ3) is 6.01. The van der Waals surface area contributed by atoms with Crippen molar-refractivity contribution in [1.29, 1.82) is 5.26 Å². The van der Waals surface area contributed by atoms with Gasteiger partial charge in [-0.1, -0.05) is 48.5 Å². The van der Waals surface area contributed by atoms with Crippen LogP contribution >= 0.6 is 0 Å². The fourth-order valence-electron chi connectivity index (χ4n) is 2.37. The topological polar surface area (TPSA) is 102 Å². The molecule has 6 heteroatoms. The molecule has 0 amide bonds. The quantitative estimate of drug-likeness (QED) is 0.439. The maximum Gasteiger partial charge on any atom is 0.344 e. The number of ether oxygens (including phenoxy) is 2. The van der Waals surface area contributed by atoms with E-state index in [-0.39, 0.29) is 17.9 Å². The van der Waals surface area contributed by atoms with Crippen LogP contribution in [-0.2, 0) is 20.7 Å².